The number of aromatic amines is 1. The van der Waals surface area contributed by atoms with Gasteiger partial charge in [0.05, 0.1) is 58.0 Å². The molecule has 1 saturated heterocycles. The van der Waals surface area contributed by atoms with Gasteiger partial charge < -0.3 is 18.9 Å². The lowest BCUT2D eigenvalue weighted by Crippen LogP contribution is -2.58. The largest absolute Gasteiger partial charge is 0.438 e. The number of fused-ring (bicyclic) bond motifs is 4. The molecule has 72 heavy (non-hydrogen) atoms. The predicted molar refractivity (Wildman–Crippen MR) is 262 cm³/mol. The fourth-order valence-corrected chi connectivity index (χ4v) is 12.7. The third-order valence-electron chi connectivity index (χ3n) is 16.7. The second kappa shape index (κ2) is 15.5. The Labute approximate surface area is 412 Å². The maximum atomic E-state index is 16.4. The van der Waals surface area contributed by atoms with E-state index in [1.807, 2.05) is 17.9 Å². The summed E-state index contributed by atoms with van der Waals surface area (Å²) in [6, 6.07) is 14.4. The molecule has 2 aliphatic heterocycles. The van der Waals surface area contributed by atoms with Crippen molar-refractivity contribution in [2.75, 3.05) is 13.2 Å². The second-order valence-electron chi connectivity index (χ2n) is 22.0. The van der Waals surface area contributed by atoms with Crippen molar-refractivity contribution in [3.05, 3.63) is 139 Å². The number of rotatable bonds is 9. The van der Waals surface area contributed by atoms with Gasteiger partial charge in [0.1, 0.15) is 22.9 Å². The van der Waals surface area contributed by atoms with Crippen molar-refractivity contribution in [3.63, 3.8) is 0 Å². The molecule has 0 radical (unpaired) electrons. The summed E-state index contributed by atoms with van der Waals surface area (Å²) in [6.45, 7) is 12.6. The van der Waals surface area contributed by atoms with Gasteiger partial charge in [-0.15, -0.1) is 0 Å². The number of carbonyl (C=O) groups is 1. The molecular weight excluding hydrogens is 923 g/mol. The van der Waals surface area contributed by atoms with Crippen LogP contribution in [0.25, 0.3) is 39.0 Å². The first-order chi connectivity index (χ1) is 34.4. The minimum Gasteiger partial charge on any atom is -0.376 e. The summed E-state index contributed by atoms with van der Waals surface area (Å²) in [6.07, 6.45) is 10.2. The highest BCUT2D eigenvalue weighted by molar-refractivity contribution is 6.00. The van der Waals surface area contributed by atoms with Gasteiger partial charge >= 0.3 is 11.4 Å². The number of aryl methyl sites for hydroxylation is 3. The van der Waals surface area contributed by atoms with Crippen LogP contribution < -0.4 is 11.4 Å². The molecule has 18 heteroatoms. The van der Waals surface area contributed by atoms with Crippen molar-refractivity contribution >= 4 is 27.7 Å². The number of halogens is 2. The number of amides is 1. The highest BCUT2D eigenvalue weighted by Gasteiger charge is 2.61. The number of ether oxygens (including phenoxy) is 2. The Morgan fingerprint density at radius 1 is 0.889 bits per heavy atom. The molecule has 4 atom stereocenters. The third kappa shape index (κ3) is 6.66. The lowest BCUT2D eigenvalue weighted by Gasteiger charge is -2.53. The van der Waals surface area contributed by atoms with E-state index in [-0.39, 0.29) is 52.4 Å². The van der Waals surface area contributed by atoms with E-state index in [9.17, 15) is 4.79 Å². The number of nitrogens with zero attached hydrogens (tertiary/aromatic N) is 9. The topological polar surface area (TPSA) is 165 Å². The Morgan fingerprint density at radius 2 is 1.62 bits per heavy atom. The molecule has 16 nitrogen and oxygen atoms in total. The zero-order valence-electron chi connectivity index (χ0n) is 41.3. The fourth-order valence-electron chi connectivity index (χ4n) is 12.7. The van der Waals surface area contributed by atoms with E-state index in [0.29, 0.717) is 77.6 Å². The number of aromatic nitrogens is 9. The van der Waals surface area contributed by atoms with Crippen molar-refractivity contribution in [2.24, 2.45) is 13.0 Å². The first-order valence-corrected chi connectivity index (χ1v) is 25.1. The summed E-state index contributed by atoms with van der Waals surface area (Å²) in [5, 5.41) is 15.0. The Bertz CT molecular complexity index is 3670. The number of carbonyl (C=O) groups excluding carboxylic acids is 1. The van der Waals surface area contributed by atoms with Crippen LogP contribution >= 0.6 is 0 Å². The number of imidazole rings is 1. The highest BCUT2D eigenvalue weighted by Crippen LogP contribution is 2.58. The second-order valence-corrected chi connectivity index (χ2v) is 22.0. The number of hydrogen-bond acceptors (Lipinski definition) is 9. The van der Waals surface area contributed by atoms with Crippen LogP contribution in [0.2, 0.25) is 0 Å². The smallest absolute Gasteiger partial charge is 0.376 e. The molecule has 1 N–H and O–H groups in total. The van der Waals surface area contributed by atoms with Gasteiger partial charge in [0.25, 0.3) is 5.91 Å². The van der Waals surface area contributed by atoms with Gasteiger partial charge in [-0.05, 0) is 151 Å². The molecule has 3 aliphatic carbocycles. The van der Waals surface area contributed by atoms with Gasteiger partial charge in [0.15, 0.2) is 11.6 Å². The normalized spacial score (nSPS) is 25.7. The number of benzene rings is 3. The van der Waals surface area contributed by atoms with E-state index >= 15 is 18.4 Å². The SMILES string of the molecule is Cc1cc(-n2nc3c(c2-n2ccn(-c4ccc5c(cnn5C)c4F)c2=O)[C@H](C)N(C(=O)c2cc4cc([C@H]5CCOC(C)(C)C5)ccc4n2[C@@]2(c4noc(=O)[nH]4)C[C@@H]2C)CC32CC(OC3CC3)C2)cc(C)c1F. The molecule has 7 heterocycles. The van der Waals surface area contributed by atoms with Gasteiger partial charge in [0, 0.05) is 54.5 Å². The predicted octanol–water partition coefficient (Wildman–Crippen LogP) is 8.48. The van der Waals surface area contributed by atoms with Crippen LogP contribution in [0, 0.1) is 31.4 Å². The van der Waals surface area contributed by atoms with Gasteiger partial charge in [-0.1, -0.05) is 18.1 Å². The molecule has 0 unspecified atom stereocenters. The van der Waals surface area contributed by atoms with Gasteiger partial charge in [-0.25, -0.2) is 23.1 Å². The number of nitrogens with one attached hydrogen (secondary N) is 1. The molecule has 1 amide bonds. The summed E-state index contributed by atoms with van der Waals surface area (Å²) in [5.74, 6) is -0.938. The van der Waals surface area contributed by atoms with E-state index in [2.05, 4.69) is 58.8 Å². The average Bonchev–Trinajstić information content (AvgIpc) is 3.84. The summed E-state index contributed by atoms with van der Waals surface area (Å²) >= 11 is 0. The molecule has 4 fully saturated rings. The molecule has 5 aromatic heterocycles. The Kier molecular flexibility index (Phi) is 9.71. The van der Waals surface area contributed by atoms with Crippen LogP contribution in [0.15, 0.2) is 81.2 Å². The minimum atomic E-state index is -0.888. The third-order valence-corrected chi connectivity index (χ3v) is 16.7. The Hall–Kier alpha value is -6.92. The van der Waals surface area contributed by atoms with Crippen molar-refractivity contribution in [2.45, 2.75) is 127 Å². The fraction of sp³-hybridized carbons (Fsp3) is 0.444. The lowest BCUT2D eigenvalue weighted by molar-refractivity contribution is -0.0710. The van der Waals surface area contributed by atoms with Crippen LogP contribution in [-0.2, 0) is 27.5 Å². The lowest BCUT2D eigenvalue weighted by atomic mass is 9.61. The van der Waals surface area contributed by atoms with Crippen LogP contribution in [0.4, 0.5) is 8.78 Å². The van der Waals surface area contributed by atoms with Crippen LogP contribution in [0.1, 0.15) is 129 Å². The van der Waals surface area contributed by atoms with Crippen LogP contribution in [-0.4, -0.2) is 85.2 Å². The molecule has 372 valence electrons. The summed E-state index contributed by atoms with van der Waals surface area (Å²) in [5.41, 5.74) is 3.28. The first kappa shape index (κ1) is 45.0. The van der Waals surface area contributed by atoms with E-state index in [4.69, 9.17) is 19.1 Å². The summed E-state index contributed by atoms with van der Waals surface area (Å²) in [7, 11) is 1.73. The number of hydrogen-bond donors (Lipinski definition) is 1. The Balaban J connectivity index is 1.00. The molecule has 3 aromatic carbocycles. The molecule has 0 bridgehead atoms. The van der Waals surface area contributed by atoms with Gasteiger partial charge in [-0.2, -0.15) is 10.2 Å². The van der Waals surface area contributed by atoms with Gasteiger partial charge in [0.2, 0.25) is 0 Å². The van der Waals surface area contributed by atoms with E-state index in [1.165, 1.54) is 21.5 Å². The van der Waals surface area contributed by atoms with E-state index in [1.54, 1.807) is 60.7 Å². The molecule has 13 rings (SSSR count). The quantitative estimate of drug-likeness (QED) is 0.149. The van der Waals surface area contributed by atoms with Crippen molar-refractivity contribution in [1.29, 1.82) is 0 Å². The maximum absolute atomic E-state index is 16.4. The average molecular weight is 979 g/mol. The minimum absolute atomic E-state index is 0.0212. The molecule has 3 saturated carbocycles. The monoisotopic (exact) mass is 978 g/mol. The van der Waals surface area contributed by atoms with E-state index in [0.717, 1.165) is 47.8 Å². The summed E-state index contributed by atoms with van der Waals surface area (Å²) in [4.78, 5) is 48.6. The van der Waals surface area contributed by atoms with Gasteiger partial charge in [-0.3, -0.25) is 28.1 Å². The zero-order valence-corrected chi connectivity index (χ0v) is 41.3. The zero-order chi connectivity index (χ0) is 49.9. The molecule has 8 aromatic rings. The first-order valence-electron chi connectivity index (χ1n) is 25.1. The van der Waals surface area contributed by atoms with Crippen molar-refractivity contribution in [1.82, 2.24) is 48.3 Å². The standard InChI is InChI=1S/C54H56F2N10O6/c1-28-18-35(19-29(2)44(28)55)66-47(63-16-15-62(51(63)69)41-13-12-40-38(45(41)56)26-57-61(40)7)43-31(4)64(27-53(46(43)59-66)24-37(25-53)71-36-9-10-36)48(67)42-21-34-20-32(33-14-17-70-52(5,6)23-33)8-11-39(34)65(42)54(22-30(54)3)49-58-50(68)72-60-49/h8,11-13,15-16,18-21,26,30-31,33,36-37H,9-10,14,17,22-25,27H2,1-7H3,(H,58,60,68)/t30-,31-,33-,37?,53?,54-/m0/s1. The molecule has 1 spiro atoms. The van der Waals surface area contributed by atoms with Crippen molar-refractivity contribution < 1.29 is 27.6 Å². The molecule has 5 aliphatic rings. The van der Waals surface area contributed by atoms with Crippen LogP contribution in [0.3, 0.4) is 0 Å². The summed E-state index contributed by atoms with van der Waals surface area (Å²) < 4.78 is 57.6. The number of H-pyrrole nitrogens is 1. The Morgan fingerprint density at radius 3 is 2.32 bits per heavy atom. The molecular formula is C54H56F2N10O6. The van der Waals surface area contributed by atoms with Crippen molar-refractivity contribution in [3.8, 4) is 17.2 Å². The van der Waals surface area contributed by atoms with E-state index < -0.39 is 34.3 Å². The highest BCUT2D eigenvalue weighted by atomic mass is 19.1. The maximum Gasteiger partial charge on any atom is 0.438 e. The van der Waals surface area contributed by atoms with Crippen LogP contribution in [0.5, 0.6) is 0 Å².